The van der Waals surface area contributed by atoms with E-state index >= 15 is 0 Å². The maximum atomic E-state index is 9.44. The van der Waals surface area contributed by atoms with Crippen molar-refractivity contribution >= 4 is 0 Å². The molecule has 2 N–H and O–H groups in total. The Kier molecular flexibility index (Phi) is 2.90. The third-order valence-electron chi connectivity index (χ3n) is 2.61. The second-order valence-electron chi connectivity index (χ2n) is 3.86. The van der Waals surface area contributed by atoms with Crippen LogP contribution in [0.15, 0.2) is 0 Å². The molecule has 0 spiro atoms. The molecule has 0 aliphatic carbocycles. The van der Waals surface area contributed by atoms with E-state index in [4.69, 9.17) is 0 Å². The van der Waals surface area contributed by atoms with Gasteiger partial charge in [-0.15, -0.1) is 0 Å². The number of rotatable bonds is 3. The zero-order valence-corrected chi connectivity index (χ0v) is 7.56. The Labute approximate surface area is 69.0 Å². The topological polar surface area (TPSA) is 32.3 Å². The lowest BCUT2D eigenvalue weighted by Gasteiger charge is -2.26. The van der Waals surface area contributed by atoms with Crippen molar-refractivity contribution < 1.29 is 5.11 Å². The molecular formula is C9H19NO. The highest BCUT2D eigenvalue weighted by atomic mass is 16.3. The van der Waals surface area contributed by atoms with Crippen molar-refractivity contribution in [3.05, 3.63) is 0 Å². The van der Waals surface area contributed by atoms with Crippen molar-refractivity contribution in [1.82, 2.24) is 5.32 Å². The van der Waals surface area contributed by atoms with E-state index in [1.165, 1.54) is 12.8 Å². The summed E-state index contributed by atoms with van der Waals surface area (Å²) in [6, 6.07) is 0. The van der Waals surface area contributed by atoms with Gasteiger partial charge in [-0.2, -0.15) is 0 Å². The molecule has 0 amide bonds. The summed E-state index contributed by atoms with van der Waals surface area (Å²) in [6.45, 7) is 5.36. The molecule has 1 heterocycles. The molecule has 0 aromatic rings. The van der Waals surface area contributed by atoms with Gasteiger partial charge in [0.05, 0.1) is 6.10 Å². The summed E-state index contributed by atoms with van der Waals surface area (Å²) >= 11 is 0. The average Bonchev–Trinajstić information content (AvgIpc) is 2.36. The van der Waals surface area contributed by atoms with E-state index in [1.54, 1.807) is 0 Å². The normalized spacial score (nSPS) is 34.1. The lowest BCUT2D eigenvalue weighted by Crippen LogP contribution is -2.39. The van der Waals surface area contributed by atoms with Gasteiger partial charge in [0, 0.05) is 5.54 Å². The minimum atomic E-state index is -0.120. The van der Waals surface area contributed by atoms with Crippen LogP contribution < -0.4 is 5.32 Å². The minimum absolute atomic E-state index is 0.120. The molecule has 66 valence electrons. The molecule has 11 heavy (non-hydrogen) atoms. The first-order valence-corrected chi connectivity index (χ1v) is 4.59. The van der Waals surface area contributed by atoms with Crippen LogP contribution in [-0.4, -0.2) is 23.3 Å². The van der Waals surface area contributed by atoms with Crippen molar-refractivity contribution in [1.29, 1.82) is 0 Å². The van der Waals surface area contributed by atoms with Gasteiger partial charge < -0.3 is 10.4 Å². The van der Waals surface area contributed by atoms with Crippen LogP contribution in [0.1, 0.15) is 39.5 Å². The smallest absolute Gasteiger partial charge is 0.0555 e. The van der Waals surface area contributed by atoms with Crippen LogP contribution in [0, 0.1) is 0 Å². The van der Waals surface area contributed by atoms with Gasteiger partial charge in [-0.25, -0.2) is 0 Å². The molecule has 1 saturated heterocycles. The maximum Gasteiger partial charge on any atom is 0.0555 e. The Morgan fingerprint density at radius 2 is 2.36 bits per heavy atom. The highest BCUT2D eigenvalue weighted by Gasteiger charge is 2.29. The van der Waals surface area contributed by atoms with Crippen LogP contribution in [0.4, 0.5) is 0 Å². The number of nitrogens with one attached hydrogen (secondary N) is 1. The van der Waals surface area contributed by atoms with E-state index in [0.29, 0.717) is 0 Å². The Morgan fingerprint density at radius 3 is 2.82 bits per heavy atom. The molecule has 1 aliphatic heterocycles. The molecule has 0 saturated carbocycles. The number of hydrogen-bond acceptors (Lipinski definition) is 2. The van der Waals surface area contributed by atoms with Crippen LogP contribution in [0.5, 0.6) is 0 Å². The van der Waals surface area contributed by atoms with Crippen LogP contribution >= 0.6 is 0 Å². The monoisotopic (exact) mass is 157 g/mol. The first-order valence-electron chi connectivity index (χ1n) is 4.59. The molecule has 1 fully saturated rings. The van der Waals surface area contributed by atoms with Crippen molar-refractivity contribution in [2.75, 3.05) is 6.54 Å². The summed E-state index contributed by atoms with van der Waals surface area (Å²) < 4.78 is 0. The summed E-state index contributed by atoms with van der Waals surface area (Å²) in [5.41, 5.74) is 0.218. The zero-order chi connectivity index (χ0) is 8.32. The summed E-state index contributed by atoms with van der Waals surface area (Å²) in [5.74, 6) is 0. The molecular weight excluding hydrogens is 138 g/mol. The van der Waals surface area contributed by atoms with Gasteiger partial charge in [-0.1, -0.05) is 6.92 Å². The lowest BCUT2D eigenvalue weighted by molar-refractivity contribution is 0.126. The lowest BCUT2D eigenvalue weighted by atomic mass is 9.92. The summed E-state index contributed by atoms with van der Waals surface area (Å²) in [7, 11) is 0. The van der Waals surface area contributed by atoms with Gasteiger partial charge in [0.1, 0.15) is 0 Å². The van der Waals surface area contributed by atoms with Gasteiger partial charge in [0.15, 0.2) is 0 Å². The fraction of sp³-hybridized carbons (Fsp3) is 1.00. The standard InChI is InChI=1S/C9H19NO/c1-3-8(11)7-9(2)5-4-6-10-9/h8,10-11H,3-7H2,1-2H3. The first-order chi connectivity index (χ1) is 5.16. The van der Waals surface area contributed by atoms with Gasteiger partial charge in [0.2, 0.25) is 0 Å². The second kappa shape index (κ2) is 3.55. The molecule has 0 bridgehead atoms. The van der Waals surface area contributed by atoms with E-state index in [-0.39, 0.29) is 11.6 Å². The summed E-state index contributed by atoms with van der Waals surface area (Å²) in [4.78, 5) is 0. The van der Waals surface area contributed by atoms with E-state index in [0.717, 1.165) is 19.4 Å². The largest absolute Gasteiger partial charge is 0.393 e. The second-order valence-corrected chi connectivity index (χ2v) is 3.86. The highest BCUT2D eigenvalue weighted by molar-refractivity contribution is 4.90. The molecule has 2 unspecified atom stereocenters. The van der Waals surface area contributed by atoms with Crippen LogP contribution in [-0.2, 0) is 0 Å². The predicted octanol–water partition coefficient (Wildman–Crippen LogP) is 1.29. The number of aliphatic hydroxyl groups excluding tert-OH is 1. The molecule has 1 aliphatic rings. The number of aliphatic hydroxyl groups is 1. The average molecular weight is 157 g/mol. The predicted molar refractivity (Wildman–Crippen MR) is 46.6 cm³/mol. The zero-order valence-electron chi connectivity index (χ0n) is 7.56. The van der Waals surface area contributed by atoms with Crippen LogP contribution in [0.2, 0.25) is 0 Å². The van der Waals surface area contributed by atoms with Crippen molar-refractivity contribution in [2.24, 2.45) is 0 Å². The molecule has 2 nitrogen and oxygen atoms in total. The minimum Gasteiger partial charge on any atom is -0.393 e. The summed E-state index contributed by atoms with van der Waals surface area (Å²) in [5, 5.41) is 12.9. The molecule has 2 atom stereocenters. The molecule has 0 radical (unpaired) electrons. The van der Waals surface area contributed by atoms with E-state index in [2.05, 4.69) is 12.2 Å². The molecule has 0 aromatic heterocycles. The fourth-order valence-corrected chi connectivity index (χ4v) is 1.80. The maximum absolute atomic E-state index is 9.44. The van der Waals surface area contributed by atoms with E-state index in [1.807, 2.05) is 6.92 Å². The molecule has 2 heteroatoms. The Morgan fingerprint density at radius 1 is 1.64 bits per heavy atom. The van der Waals surface area contributed by atoms with E-state index in [9.17, 15) is 5.11 Å². The third-order valence-corrected chi connectivity index (χ3v) is 2.61. The van der Waals surface area contributed by atoms with Crippen molar-refractivity contribution in [3.8, 4) is 0 Å². The van der Waals surface area contributed by atoms with Crippen LogP contribution in [0.25, 0.3) is 0 Å². The van der Waals surface area contributed by atoms with Gasteiger partial charge >= 0.3 is 0 Å². The van der Waals surface area contributed by atoms with Gasteiger partial charge in [-0.3, -0.25) is 0 Å². The van der Waals surface area contributed by atoms with Gasteiger partial charge in [-0.05, 0) is 39.2 Å². The van der Waals surface area contributed by atoms with E-state index < -0.39 is 0 Å². The SMILES string of the molecule is CCC(O)CC1(C)CCCN1. The van der Waals surface area contributed by atoms with Gasteiger partial charge in [0.25, 0.3) is 0 Å². The summed E-state index contributed by atoms with van der Waals surface area (Å²) in [6.07, 6.45) is 4.13. The first kappa shape index (κ1) is 9.01. The Hall–Kier alpha value is -0.0800. The molecule has 0 aromatic carbocycles. The van der Waals surface area contributed by atoms with Crippen LogP contribution in [0.3, 0.4) is 0 Å². The van der Waals surface area contributed by atoms with Crippen molar-refractivity contribution in [2.45, 2.75) is 51.2 Å². The highest BCUT2D eigenvalue weighted by Crippen LogP contribution is 2.24. The quantitative estimate of drug-likeness (QED) is 0.647. The Bertz CT molecular complexity index is 119. The van der Waals surface area contributed by atoms with Crippen molar-refractivity contribution in [3.63, 3.8) is 0 Å². The third kappa shape index (κ3) is 2.46. The molecule has 1 rings (SSSR count). The number of hydrogen-bond donors (Lipinski definition) is 2. The Balaban J connectivity index is 2.33. The fourth-order valence-electron chi connectivity index (χ4n) is 1.80.